The highest BCUT2D eigenvalue weighted by Crippen LogP contribution is 2.30. The number of benzene rings is 2. The Bertz CT molecular complexity index is 814. The zero-order chi connectivity index (χ0) is 17.0. The van der Waals surface area contributed by atoms with Crippen molar-refractivity contribution in [2.75, 3.05) is 0 Å². The minimum absolute atomic E-state index is 0.0766. The van der Waals surface area contributed by atoms with E-state index in [0.717, 1.165) is 5.56 Å². The lowest BCUT2D eigenvalue weighted by atomic mass is 10.1. The van der Waals surface area contributed by atoms with Crippen molar-refractivity contribution >= 4 is 39.1 Å². The molecule has 0 aromatic heterocycles. The second-order valence-electron chi connectivity index (χ2n) is 4.94. The smallest absolute Gasteiger partial charge is 0.340 e. The Balaban J connectivity index is 2.17. The molecule has 0 saturated carbocycles. The van der Waals surface area contributed by atoms with Gasteiger partial charge < -0.3 is 8.98 Å². The standard InChI is InChI=1S/C16H14Cl2O4S/c1-11(19)5-6-12-7-9-13(10-8-12)22-23(20,21)15-4-2-3-14(17)16(15)18/h2-4,7-10H,5-6H2,1H3. The summed E-state index contributed by atoms with van der Waals surface area (Å²) in [6.45, 7) is 1.53. The molecular weight excluding hydrogens is 359 g/mol. The molecule has 0 bridgehead atoms. The van der Waals surface area contributed by atoms with E-state index >= 15 is 0 Å². The second kappa shape index (κ2) is 7.34. The minimum Gasteiger partial charge on any atom is -0.379 e. The molecule has 0 saturated heterocycles. The van der Waals surface area contributed by atoms with Crippen LogP contribution in [0.3, 0.4) is 0 Å². The van der Waals surface area contributed by atoms with Crippen LogP contribution < -0.4 is 4.18 Å². The molecule has 2 rings (SSSR count). The van der Waals surface area contributed by atoms with Crippen molar-refractivity contribution < 1.29 is 17.4 Å². The molecule has 4 nitrogen and oxygen atoms in total. The summed E-state index contributed by atoms with van der Waals surface area (Å²) in [7, 11) is -4.08. The van der Waals surface area contributed by atoms with Gasteiger partial charge in [-0.15, -0.1) is 0 Å². The summed E-state index contributed by atoms with van der Waals surface area (Å²) in [5, 5.41) is 0.0585. The van der Waals surface area contributed by atoms with Crippen molar-refractivity contribution in [3.05, 3.63) is 58.1 Å². The van der Waals surface area contributed by atoms with Crippen molar-refractivity contribution in [1.82, 2.24) is 0 Å². The Hall–Kier alpha value is -1.56. The van der Waals surface area contributed by atoms with E-state index in [9.17, 15) is 13.2 Å². The SMILES string of the molecule is CC(=O)CCc1ccc(OS(=O)(=O)c2cccc(Cl)c2Cl)cc1. The van der Waals surface area contributed by atoms with Gasteiger partial charge in [0.1, 0.15) is 16.4 Å². The number of aryl methyl sites for hydroxylation is 1. The van der Waals surface area contributed by atoms with E-state index in [1.54, 1.807) is 12.1 Å². The molecule has 0 aliphatic heterocycles. The van der Waals surface area contributed by atoms with Crippen LogP contribution in [-0.2, 0) is 21.3 Å². The Kier molecular flexibility index (Phi) is 5.68. The maximum Gasteiger partial charge on any atom is 0.340 e. The first-order chi connectivity index (χ1) is 10.8. The van der Waals surface area contributed by atoms with Crippen LogP contribution in [0.15, 0.2) is 47.4 Å². The fourth-order valence-electron chi connectivity index (χ4n) is 1.88. The predicted octanol–water partition coefficient (Wildman–Crippen LogP) is 4.28. The maximum atomic E-state index is 12.3. The second-order valence-corrected chi connectivity index (χ2v) is 7.24. The number of carbonyl (C=O) groups is 1. The van der Waals surface area contributed by atoms with Gasteiger partial charge in [-0.2, -0.15) is 8.42 Å². The van der Waals surface area contributed by atoms with Gasteiger partial charge in [0, 0.05) is 6.42 Å². The summed E-state index contributed by atoms with van der Waals surface area (Å²) < 4.78 is 29.6. The summed E-state index contributed by atoms with van der Waals surface area (Å²) >= 11 is 11.7. The van der Waals surface area contributed by atoms with Crippen LogP contribution in [0.4, 0.5) is 0 Å². The van der Waals surface area contributed by atoms with Gasteiger partial charge in [-0.3, -0.25) is 0 Å². The Morgan fingerprint density at radius 3 is 2.35 bits per heavy atom. The summed E-state index contributed by atoms with van der Waals surface area (Å²) in [6.07, 6.45) is 1.04. The van der Waals surface area contributed by atoms with Crippen LogP contribution in [0.25, 0.3) is 0 Å². The normalized spacial score (nSPS) is 11.3. The molecule has 2 aromatic carbocycles. The number of hydrogen-bond donors (Lipinski definition) is 0. The summed E-state index contributed by atoms with van der Waals surface area (Å²) in [5.74, 6) is 0.260. The van der Waals surface area contributed by atoms with E-state index < -0.39 is 10.1 Å². The molecule has 0 aliphatic rings. The third kappa shape index (κ3) is 4.70. The van der Waals surface area contributed by atoms with Gasteiger partial charge in [0.25, 0.3) is 0 Å². The molecule has 7 heteroatoms. The lowest BCUT2D eigenvalue weighted by Crippen LogP contribution is -2.10. The third-order valence-corrected chi connectivity index (χ3v) is 5.30. The van der Waals surface area contributed by atoms with Crippen molar-refractivity contribution in [1.29, 1.82) is 0 Å². The summed E-state index contributed by atoms with van der Waals surface area (Å²) in [5.41, 5.74) is 0.922. The highest BCUT2D eigenvalue weighted by Gasteiger charge is 2.21. The zero-order valence-electron chi connectivity index (χ0n) is 12.3. The van der Waals surface area contributed by atoms with Gasteiger partial charge >= 0.3 is 10.1 Å². The lowest BCUT2D eigenvalue weighted by molar-refractivity contribution is -0.116. The molecule has 0 amide bonds. The first-order valence-electron chi connectivity index (χ1n) is 6.76. The molecule has 2 aromatic rings. The molecule has 0 unspecified atom stereocenters. The summed E-state index contributed by atoms with van der Waals surface area (Å²) in [4.78, 5) is 10.8. The van der Waals surface area contributed by atoms with Gasteiger partial charge in [-0.05, 0) is 43.2 Å². The van der Waals surface area contributed by atoms with E-state index in [0.29, 0.717) is 12.8 Å². The number of hydrogen-bond acceptors (Lipinski definition) is 4. The fourth-order valence-corrected chi connectivity index (χ4v) is 3.55. The largest absolute Gasteiger partial charge is 0.379 e. The lowest BCUT2D eigenvalue weighted by Gasteiger charge is -2.09. The fraction of sp³-hybridized carbons (Fsp3) is 0.188. The molecule has 23 heavy (non-hydrogen) atoms. The Labute approximate surface area is 145 Å². The maximum absolute atomic E-state index is 12.3. The topological polar surface area (TPSA) is 60.4 Å². The van der Waals surface area contributed by atoms with E-state index in [2.05, 4.69) is 0 Å². The molecule has 0 aliphatic carbocycles. The number of Topliss-reactive ketones (excluding diaryl/α,β-unsaturated/α-hetero) is 1. The van der Waals surface area contributed by atoms with Crippen molar-refractivity contribution in [3.63, 3.8) is 0 Å². The van der Waals surface area contributed by atoms with Gasteiger partial charge in [0.05, 0.1) is 10.0 Å². The molecule has 122 valence electrons. The number of ketones is 1. The van der Waals surface area contributed by atoms with Gasteiger partial charge in [0.15, 0.2) is 0 Å². The average Bonchev–Trinajstić information content (AvgIpc) is 2.48. The van der Waals surface area contributed by atoms with E-state index in [1.165, 1.54) is 37.3 Å². The number of rotatable bonds is 6. The monoisotopic (exact) mass is 372 g/mol. The van der Waals surface area contributed by atoms with Crippen LogP contribution in [0.1, 0.15) is 18.9 Å². The molecule has 0 radical (unpaired) electrons. The molecule has 0 spiro atoms. The third-order valence-electron chi connectivity index (χ3n) is 3.08. The highest BCUT2D eigenvalue weighted by molar-refractivity contribution is 7.87. The average molecular weight is 373 g/mol. The van der Waals surface area contributed by atoms with Gasteiger partial charge in [0.2, 0.25) is 0 Å². The molecule has 0 atom stereocenters. The Morgan fingerprint density at radius 1 is 1.09 bits per heavy atom. The van der Waals surface area contributed by atoms with Crippen molar-refractivity contribution in [2.45, 2.75) is 24.7 Å². The van der Waals surface area contributed by atoms with E-state index in [1.807, 2.05) is 0 Å². The van der Waals surface area contributed by atoms with Gasteiger partial charge in [-0.1, -0.05) is 41.4 Å². The zero-order valence-corrected chi connectivity index (χ0v) is 14.6. The minimum atomic E-state index is -4.08. The predicted molar refractivity (Wildman–Crippen MR) is 89.7 cm³/mol. The molecular formula is C16H14Cl2O4S. The van der Waals surface area contributed by atoms with Crippen LogP contribution in [0, 0.1) is 0 Å². The Morgan fingerprint density at radius 2 is 1.74 bits per heavy atom. The van der Waals surface area contributed by atoms with Gasteiger partial charge in [-0.25, -0.2) is 0 Å². The quantitative estimate of drug-likeness (QED) is 0.709. The number of halogens is 2. The summed E-state index contributed by atoms with van der Waals surface area (Å²) in [6, 6.07) is 10.8. The van der Waals surface area contributed by atoms with Crippen LogP contribution in [-0.4, -0.2) is 14.2 Å². The van der Waals surface area contributed by atoms with Crippen molar-refractivity contribution in [3.8, 4) is 5.75 Å². The first-order valence-corrected chi connectivity index (χ1v) is 8.93. The molecule has 0 fully saturated rings. The van der Waals surface area contributed by atoms with E-state index in [-0.39, 0.29) is 26.5 Å². The highest BCUT2D eigenvalue weighted by atomic mass is 35.5. The molecule has 0 N–H and O–H groups in total. The number of carbonyl (C=O) groups excluding carboxylic acids is 1. The molecule has 0 heterocycles. The first kappa shape index (κ1) is 17.8. The van der Waals surface area contributed by atoms with Crippen molar-refractivity contribution in [2.24, 2.45) is 0 Å². The van der Waals surface area contributed by atoms with Crippen LogP contribution in [0.5, 0.6) is 5.75 Å². The van der Waals surface area contributed by atoms with Crippen LogP contribution in [0.2, 0.25) is 10.0 Å². The van der Waals surface area contributed by atoms with E-state index in [4.69, 9.17) is 27.4 Å². The van der Waals surface area contributed by atoms with Crippen LogP contribution >= 0.6 is 23.2 Å².